The molecule has 0 radical (unpaired) electrons. The van der Waals surface area contributed by atoms with Crippen molar-refractivity contribution in [2.24, 2.45) is 5.92 Å². The van der Waals surface area contributed by atoms with Crippen LogP contribution in [-0.4, -0.2) is 43.4 Å². The molecule has 154 valence electrons. The number of rotatable bonds is 3. The smallest absolute Gasteiger partial charge is 0.272 e. The molecule has 1 aliphatic carbocycles. The van der Waals surface area contributed by atoms with Crippen LogP contribution in [0.3, 0.4) is 0 Å². The molecule has 3 heterocycles. The van der Waals surface area contributed by atoms with Gasteiger partial charge in [0.2, 0.25) is 0 Å². The first-order valence-electron chi connectivity index (χ1n) is 10.5. The second kappa shape index (κ2) is 7.23. The number of nitrogens with zero attached hydrogens (tertiary/aromatic N) is 4. The highest BCUT2D eigenvalue weighted by atomic mass is 16.2. The number of imidazole rings is 1. The van der Waals surface area contributed by atoms with Gasteiger partial charge in [-0.05, 0) is 38.2 Å². The van der Waals surface area contributed by atoms with E-state index in [1.165, 1.54) is 0 Å². The largest absolute Gasteiger partial charge is 0.336 e. The Kier molecular flexibility index (Phi) is 4.53. The summed E-state index contributed by atoms with van der Waals surface area (Å²) in [5.41, 5.74) is 3.37. The molecule has 1 N–H and O–H groups in total. The first-order chi connectivity index (χ1) is 14.5. The van der Waals surface area contributed by atoms with Crippen LogP contribution in [0, 0.1) is 12.8 Å². The molecule has 0 bridgehead atoms. The number of carbonyl (C=O) groups excluding carboxylic acids is 1. The third-order valence-corrected chi connectivity index (χ3v) is 6.59. The zero-order valence-corrected chi connectivity index (χ0v) is 17.2. The summed E-state index contributed by atoms with van der Waals surface area (Å²) in [6.07, 6.45) is 5.03. The van der Waals surface area contributed by atoms with Crippen molar-refractivity contribution >= 4 is 5.91 Å². The normalized spacial score (nSPS) is 21.2. The quantitative estimate of drug-likeness (QED) is 0.729. The summed E-state index contributed by atoms with van der Waals surface area (Å²) in [4.78, 5) is 39.4. The highest BCUT2D eigenvalue weighted by molar-refractivity contribution is 5.92. The number of hydrogen-bond acceptors (Lipinski definition) is 4. The molecule has 0 spiro atoms. The van der Waals surface area contributed by atoms with Crippen LogP contribution in [0.4, 0.5) is 0 Å². The van der Waals surface area contributed by atoms with Crippen molar-refractivity contribution in [1.29, 1.82) is 0 Å². The number of amides is 1. The summed E-state index contributed by atoms with van der Waals surface area (Å²) < 4.78 is 1.95. The number of nitrogens with one attached hydrogen (secondary N) is 1. The number of hydrogen-bond donors (Lipinski definition) is 1. The standard InChI is InChI=1S/C23H25N5O2/c1-14(16-6-4-3-5-7-16)28-13-24-10-20(28)23(30)27-11-17-8-9-18-21(19(17)12-27)25-15(2)26-22(18)29/h3-7,10,13-14,17,19H,8-9,11-12H2,1-2H3,(H,25,26,29)/t14-,17+,19-/m0/s1. The second-order valence-electron chi connectivity index (χ2n) is 8.40. The van der Waals surface area contributed by atoms with Gasteiger partial charge in [0.1, 0.15) is 11.5 Å². The fourth-order valence-corrected chi connectivity index (χ4v) is 4.98. The average Bonchev–Trinajstić information content (AvgIpc) is 3.40. The Morgan fingerprint density at radius 2 is 2.03 bits per heavy atom. The van der Waals surface area contributed by atoms with E-state index in [1.807, 2.05) is 34.6 Å². The number of H-pyrrole nitrogens is 1. The molecule has 2 aromatic heterocycles. The van der Waals surface area contributed by atoms with Gasteiger partial charge in [-0.25, -0.2) is 9.97 Å². The van der Waals surface area contributed by atoms with E-state index in [9.17, 15) is 9.59 Å². The first kappa shape index (κ1) is 18.8. The van der Waals surface area contributed by atoms with Crippen molar-refractivity contribution in [3.63, 3.8) is 0 Å². The van der Waals surface area contributed by atoms with Gasteiger partial charge in [0.15, 0.2) is 0 Å². The van der Waals surface area contributed by atoms with Crippen molar-refractivity contribution < 1.29 is 4.79 Å². The first-order valence-corrected chi connectivity index (χ1v) is 10.5. The number of fused-ring (bicyclic) bond motifs is 3. The maximum atomic E-state index is 13.4. The highest BCUT2D eigenvalue weighted by Gasteiger charge is 2.42. The molecule has 30 heavy (non-hydrogen) atoms. The molecule has 0 saturated carbocycles. The predicted octanol–water partition coefficient (Wildman–Crippen LogP) is 2.69. The molecule has 3 atom stereocenters. The zero-order valence-electron chi connectivity index (χ0n) is 17.2. The maximum absolute atomic E-state index is 13.4. The molecule has 1 saturated heterocycles. The van der Waals surface area contributed by atoms with Gasteiger partial charge in [-0.1, -0.05) is 30.3 Å². The summed E-state index contributed by atoms with van der Waals surface area (Å²) in [5.74, 6) is 1.10. The van der Waals surface area contributed by atoms with Crippen molar-refractivity contribution in [2.75, 3.05) is 13.1 Å². The maximum Gasteiger partial charge on any atom is 0.272 e. The topological polar surface area (TPSA) is 83.9 Å². The van der Waals surface area contributed by atoms with E-state index in [0.29, 0.717) is 30.5 Å². The molecule has 1 fully saturated rings. The Morgan fingerprint density at radius 1 is 1.23 bits per heavy atom. The number of aryl methyl sites for hydroxylation is 1. The SMILES string of the molecule is Cc1nc2c(c(=O)[nH]1)CC[C@@H]1CN(C(=O)c3cncn3[C@@H](C)c3ccccc3)C[C@H]21. The lowest BCUT2D eigenvalue weighted by Crippen LogP contribution is -2.31. The van der Waals surface area contributed by atoms with Crippen LogP contribution < -0.4 is 5.56 Å². The Bertz CT molecular complexity index is 1150. The fraction of sp³-hybridized carbons (Fsp3) is 0.391. The van der Waals surface area contributed by atoms with Crippen LogP contribution in [0.5, 0.6) is 0 Å². The van der Waals surface area contributed by atoms with Gasteiger partial charge in [-0.15, -0.1) is 0 Å². The Labute approximate surface area is 174 Å². The van der Waals surface area contributed by atoms with Gasteiger partial charge in [0, 0.05) is 24.6 Å². The van der Waals surface area contributed by atoms with Crippen LogP contribution >= 0.6 is 0 Å². The fourth-order valence-electron chi connectivity index (χ4n) is 4.98. The van der Waals surface area contributed by atoms with E-state index in [0.717, 1.165) is 29.7 Å². The van der Waals surface area contributed by atoms with Gasteiger partial charge in [0.25, 0.3) is 11.5 Å². The molecule has 7 heteroatoms. The van der Waals surface area contributed by atoms with Gasteiger partial charge in [-0.3, -0.25) is 9.59 Å². The molecule has 1 amide bonds. The predicted molar refractivity (Wildman–Crippen MR) is 113 cm³/mol. The Morgan fingerprint density at radius 3 is 2.83 bits per heavy atom. The second-order valence-corrected chi connectivity index (χ2v) is 8.40. The number of aromatic amines is 1. The third-order valence-electron chi connectivity index (χ3n) is 6.59. The zero-order chi connectivity index (χ0) is 20.8. The van der Waals surface area contributed by atoms with Gasteiger partial charge < -0.3 is 14.5 Å². The van der Waals surface area contributed by atoms with E-state index in [4.69, 9.17) is 0 Å². The van der Waals surface area contributed by atoms with Gasteiger partial charge in [-0.2, -0.15) is 0 Å². The molecular formula is C23H25N5O2. The van der Waals surface area contributed by atoms with Crippen LogP contribution in [0.1, 0.15) is 58.4 Å². The molecule has 0 unspecified atom stereocenters. The summed E-state index contributed by atoms with van der Waals surface area (Å²) >= 11 is 0. The van der Waals surface area contributed by atoms with Crippen molar-refractivity contribution in [3.8, 4) is 0 Å². The molecule has 5 rings (SSSR count). The van der Waals surface area contributed by atoms with E-state index in [-0.39, 0.29) is 23.4 Å². The number of aromatic nitrogens is 4. The number of carbonyl (C=O) groups is 1. The average molecular weight is 403 g/mol. The lowest BCUT2D eigenvalue weighted by atomic mass is 9.80. The third kappa shape index (κ3) is 3.05. The summed E-state index contributed by atoms with van der Waals surface area (Å²) in [6, 6.07) is 10.1. The van der Waals surface area contributed by atoms with E-state index in [2.05, 4.69) is 34.0 Å². The molecular weight excluding hydrogens is 378 g/mol. The minimum Gasteiger partial charge on any atom is -0.336 e. The van der Waals surface area contributed by atoms with Crippen LogP contribution in [0.25, 0.3) is 0 Å². The van der Waals surface area contributed by atoms with Crippen molar-refractivity contribution in [2.45, 2.75) is 38.6 Å². The molecule has 1 aliphatic heterocycles. The molecule has 1 aromatic carbocycles. The van der Waals surface area contributed by atoms with Crippen molar-refractivity contribution in [3.05, 3.63) is 81.5 Å². The summed E-state index contributed by atoms with van der Waals surface area (Å²) in [5, 5.41) is 0. The van der Waals surface area contributed by atoms with E-state index >= 15 is 0 Å². The minimum absolute atomic E-state index is 0.00667. The lowest BCUT2D eigenvalue weighted by molar-refractivity contribution is 0.0774. The summed E-state index contributed by atoms with van der Waals surface area (Å²) in [7, 11) is 0. The summed E-state index contributed by atoms with van der Waals surface area (Å²) in [6.45, 7) is 5.18. The lowest BCUT2D eigenvalue weighted by Gasteiger charge is -2.25. The minimum atomic E-state index is -0.0320. The van der Waals surface area contributed by atoms with Crippen molar-refractivity contribution in [1.82, 2.24) is 24.4 Å². The Balaban J connectivity index is 1.42. The molecule has 3 aromatic rings. The van der Waals surface area contributed by atoms with Gasteiger partial charge >= 0.3 is 0 Å². The number of benzene rings is 1. The van der Waals surface area contributed by atoms with Crippen LogP contribution in [-0.2, 0) is 6.42 Å². The number of likely N-dealkylation sites (tertiary alicyclic amines) is 1. The van der Waals surface area contributed by atoms with Crippen LogP contribution in [0.15, 0.2) is 47.7 Å². The monoisotopic (exact) mass is 403 g/mol. The van der Waals surface area contributed by atoms with E-state index in [1.54, 1.807) is 12.5 Å². The molecule has 2 aliphatic rings. The highest BCUT2D eigenvalue weighted by Crippen LogP contribution is 2.40. The molecule has 7 nitrogen and oxygen atoms in total. The van der Waals surface area contributed by atoms with E-state index < -0.39 is 0 Å². The van der Waals surface area contributed by atoms with Crippen LogP contribution in [0.2, 0.25) is 0 Å². The van der Waals surface area contributed by atoms with Gasteiger partial charge in [0.05, 0.1) is 24.3 Å². The Hall–Kier alpha value is -3.22.